The third-order valence-electron chi connectivity index (χ3n) is 7.15. The molecule has 3 rings (SSSR count). The van der Waals surface area contributed by atoms with Gasteiger partial charge in [0.05, 0.1) is 5.41 Å². The van der Waals surface area contributed by atoms with Crippen LogP contribution in [0.4, 0.5) is 0 Å². The quantitative estimate of drug-likeness (QED) is 0.352. The SMILES string of the molecule is CS[C@H]1O[C@@H](c2ccc(C)c(Cc3ccc(CCCC(=O)CC(C)(C)C(N)=O)cc3)c2)[C@H](O)[C@@H](O)[C@@H]1O. The molecule has 0 saturated carbocycles. The Morgan fingerprint density at radius 2 is 1.65 bits per heavy atom. The van der Waals surface area contributed by atoms with Gasteiger partial charge in [0.15, 0.2) is 0 Å². The van der Waals surface area contributed by atoms with E-state index in [4.69, 9.17) is 10.5 Å². The summed E-state index contributed by atoms with van der Waals surface area (Å²) < 4.78 is 5.93. The van der Waals surface area contributed by atoms with Gasteiger partial charge in [0.2, 0.25) is 5.91 Å². The van der Waals surface area contributed by atoms with E-state index < -0.39 is 41.2 Å². The van der Waals surface area contributed by atoms with Gasteiger partial charge >= 0.3 is 0 Å². The molecular formula is C29H39NO6S. The van der Waals surface area contributed by atoms with Crippen molar-refractivity contribution in [2.75, 3.05) is 6.26 Å². The van der Waals surface area contributed by atoms with E-state index >= 15 is 0 Å². The molecule has 202 valence electrons. The van der Waals surface area contributed by atoms with Crippen molar-refractivity contribution < 1.29 is 29.6 Å². The first kappa shape index (κ1) is 29.3. The van der Waals surface area contributed by atoms with Crippen molar-refractivity contribution >= 4 is 23.5 Å². The van der Waals surface area contributed by atoms with E-state index in [9.17, 15) is 24.9 Å². The van der Waals surface area contributed by atoms with Crippen molar-refractivity contribution in [2.24, 2.45) is 11.1 Å². The third-order valence-corrected chi connectivity index (χ3v) is 8.00. The highest BCUT2D eigenvalue weighted by Crippen LogP contribution is 2.36. The molecule has 1 saturated heterocycles. The number of carbonyl (C=O) groups excluding carboxylic acids is 2. The van der Waals surface area contributed by atoms with Gasteiger partial charge in [-0.1, -0.05) is 56.3 Å². The molecule has 1 fully saturated rings. The van der Waals surface area contributed by atoms with Crippen LogP contribution in [0.2, 0.25) is 0 Å². The zero-order valence-electron chi connectivity index (χ0n) is 22.0. The van der Waals surface area contributed by atoms with E-state index in [0.29, 0.717) is 12.8 Å². The van der Waals surface area contributed by atoms with Crippen molar-refractivity contribution in [3.8, 4) is 0 Å². The molecule has 1 aliphatic rings. The molecule has 5 N–H and O–H groups in total. The predicted molar refractivity (Wildman–Crippen MR) is 145 cm³/mol. The largest absolute Gasteiger partial charge is 0.387 e. The number of amides is 1. The number of aliphatic hydroxyl groups excluding tert-OH is 3. The van der Waals surface area contributed by atoms with Crippen LogP contribution in [0.15, 0.2) is 42.5 Å². The first-order chi connectivity index (χ1) is 17.4. The molecule has 2 aromatic rings. The Morgan fingerprint density at radius 1 is 1.00 bits per heavy atom. The van der Waals surface area contributed by atoms with Gasteiger partial charge < -0.3 is 25.8 Å². The van der Waals surface area contributed by atoms with Crippen LogP contribution in [0.5, 0.6) is 0 Å². The number of nitrogens with two attached hydrogens (primary N) is 1. The number of rotatable bonds is 11. The van der Waals surface area contributed by atoms with Crippen molar-refractivity contribution in [1.82, 2.24) is 0 Å². The lowest BCUT2D eigenvalue weighted by Gasteiger charge is -2.40. The number of hydrogen-bond donors (Lipinski definition) is 4. The normalized spacial score (nSPS) is 24.1. The van der Waals surface area contributed by atoms with Crippen LogP contribution in [0, 0.1) is 12.3 Å². The van der Waals surface area contributed by atoms with Gasteiger partial charge in [-0.25, -0.2) is 0 Å². The lowest BCUT2D eigenvalue weighted by Crippen LogP contribution is -2.52. The molecular weight excluding hydrogens is 490 g/mol. The zero-order chi connectivity index (χ0) is 27.3. The molecule has 1 aliphatic heterocycles. The average molecular weight is 530 g/mol. The average Bonchev–Trinajstić information content (AvgIpc) is 2.85. The van der Waals surface area contributed by atoms with Crippen LogP contribution in [0.1, 0.15) is 67.0 Å². The molecule has 37 heavy (non-hydrogen) atoms. The summed E-state index contributed by atoms with van der Waals surface area (Å²) in [5.74, 6) is -0.408. The number of aryl methyl sites for hydroxylation is 2. The van der Waals surface area contributed by atoms with Crippen molar-refractivity contribution in [1.29, 1.82) is 0 Å². The van der Waals surface area contributed by atoms with E-state index in [1.807, 2.05) is 25.1 Å². The molecule has 0 radical (unpaired) electrons. The predicted octanol–water partition coefficient (Wildman–Crippen LogP) is 3.22. The Labute approximate surface area is 223 Å². The second-order valence-corrected chi connectivity index (χ2v) is 11.6. The summed E-state index contributed by atoms with van der Waals surface area (Å²) in [7, 11) is 0. The summed E-state index contributed by atoms with van der Waals surface area (Å²) in [5.41, 5.74) is 9.16. The van der Waals surface area contributed by atoms with Gasteiger partial charge in [0.25, 0.3) is 0 Å². The summed E-state index contributed by atoms with van der Waals surface area (Å²) in [6, 6.07) is 14.2. The van der Waals surface area contributed by atoms with Gasteiger partial charge in [0, 0.05) is 12.8 Å². The van der Waals surface area contributed by atoms with Crippen LogP contribution >= 0.6 is 11.8 Å². The number of aliphatic hydroxyl groups is 3. The van der Waals surface area contributed by atoms with Crippen LogP contribution < -0.4 is 5.73 Å². The first-order valence-electron chi connectivity index (χ1n) is 12.6. The minimum atomic E-state index is -1.28. The van der Waals surface area contributed by atoms with Crippen LogP contribution in [-0.2, 0) is 27.2 Å². The summed E-state index contributed by atoms with van der Waals surface area (Å²) in [4.78, 5) is 23.6. The maximum absolute atomic E-state index is 12.2. The van der Waals surface area contributed by atoms with Crippen molar-refractivity contribution in [3.05, 3.63) is 70.3 Å². The smallest absolute Gasteiger partial charge is 0.223 e. The highest BCUT2D eigenvalue weighted by atomic mass is 32.2. The van der Waals surface area contributed by atoms with E-state index in [0.717, 1.165) is 40.7 Å². The summed E-state index contributed by atoms with van der Waals surface area (Å²) >= 11 is 1.30. The highest BCUT2D eigenvalue weighted by molar-refractivity contribution is 7.99. The minimum absolute atomic E-state index is 0.0497. The molecule has 1 heterocycles. The molecule has 0 aromatic heterocycles. The molecule has 0 unspecified atom stereocenters. The molecule has 1 amide bonds. The fourth-order valence-electron chi connectivity index (χ4n) is 4.58. The van der Waals surface area contributed by atoms with E-state index in [-0.39, 0.29) is 12.2 Å². The standard InChI is InChI=1S/C29H39NO6S/c1-17-8-13-20(26-24(33)23(32)25(34)27(36-26)37-4)15-21(17)14-19-11-9-18(10-12-19)6-5-7-22(31)16-29(2,3)28(30)35/h8-13,15,23-27,32-34H,5-7,14,16H2,1-4H3,(H2,30,35)/t23-,24-,25+,26+,27-/m1/s1. The van der Waals surface area contributed by atoms with E-state index in [1.54, 1.807) is 20.1 Å². The van der Waals surface area contributed by atoms with Crippen molar-refractivity contribution in [3.63, 3.8) is 0 Å². The Morgan fingerprint density at radius 3 is 2.27 bits per heavy atom. The van der Waals surface area contributed by atoms with Gasteiger partial charge in [-0.2, -0.15) is 0 Å². The lowest BCUT2D eigenvalue weighted by molar-refractivity contribution is -0.200. The van der Waals surface area contributed by atoms with E-state index in [1.165, 1.54) is 11.8 Å². The number of ketones is 1. The number of carbonyl (C=O) groups is 2. The van der Waals surface area contributed by atoms with Gasteiger partial charge in [-0.3, -0.25) is 9.59 Å². The number of Topliss-reactive ketones (excluding diaryl/α,β-unsaturated/α-hetero) is 1. The summed E-state index contributed by atoms with van der Waals surface area (Å²) in [6.07, 6.45) is 0.194. The van der Waals surface area contributed by atoms with Crippen LogP contribution in [0.3, 0.4) is 0 Å². The maximum Gasteiger partial charge on any atom is 0.223 e. The number of benzene rings is 2. The minimum Gasteiger partial charge on any atom is -0.387 e. The molecule has 8 heteroatoms. The van der Waals surface area contributed by atoms with Gasteiger partial charge in [-0.15, -0.1) is 11.8 Å². The highest BCUT2D eigenvalue weighted by Gasteiger charge is 2.44. The number of hydrogen-bond acceptors (Lipinski definition) is 7. The van der Waals surface area contributed by atoms with Gasteiger partial charge in [0.1, 0.15) is 35.6 Å². The molecule has 5 atom stereocenters. The molecule has 0 aliphatic carbocycles. The topological polar surface area (TPSA) is 130 Å². The number of thioether (sulfide) groups is 1. The van der Waals surface area contributed by atoms with Crippen LogP contribution in [-0.4, -0.2) is 57.0 Å². The second-order valence-electron chi connectivity index (χ2n) is 10.6. The molecule has 0 bridgehead atoms. The number of ether oxygens (including phenoxy) is 1. The Balaban J connectivity index is 1.61. The Kier molecular flexibility index (Phi) is 9.94. The third kappa shape index (κ3) is 7.42. The summed E-state index contributed by atoms with van der Waals surface area (Å²) in [5, 5.41) is 31.0. The molecule has 2 aromatic carbocycles. The lowest BCUT2D eigenvalue weighted by atomic mass is 9.85. The zero-order valence-corrected chi connectivity index (χ0v) is 22.8. The van der Waals surface area contributed by atoms with Crippen LogP contribution in [0.25, 0.3) is 0 Å². The van der Waals surface area contributed by atoms with Crippen molar-refractivity contribution in [2.45, 2.75) is 82.7 Å². The fourth-order valence-corrected chi connectivity index (χ4v) is 5.25. The second kappa shape index (κ2) is 12.5. The Hall–Kier alpha value is -2.23. The van der Waals surface area contributed by atoms with E-state index in [2.05, 4.69) is 24.3 Å². The Bertz CT molecular complexity index is 1080. The number of primary amides is 1. The van der Waals surface area contributed by atoms with Gasteiger partial charge in [-0.05, 0) is 60.3 Å². The monoisotopic (exact) mass is 529 g/mol. The first-order valence-corrected chi connectivity index (χ1v) is 13.9. The summed E-state index contributed by atoms with van der Waals surface area (Å²) in [6.45, 7) is 5.43. The molecule has 0 spiro atoms. The molecule has 7 nitrogen and oxygen atoms in total. The fraction of sp³-hybridized carbons (Fsp3) is 0.517. The maximum atomic E-state index is 12.2.